The number of rotatable bonds is 3. The molecule has 0 saturated heterocycles. The summed E-state index contributed by atoms with van der Waals surface area (Å²) >= 11 is 0. The first-order chi connectivity index (χ1) is 4.79. The van der Waals surface area contributed by atoms with E-state index in [-0.39, 0.29) is 18.8 Å². The summed E-state index contributed by atoms with van der Waals surface area (Å²) in [6, 6.07) is 3.51. The smallest absolute Gasteiger partial charge is 0.303 e. The molecule has 0 bridgehead atoms. The maximum atomic E-state index is 10.1. The molecule has 1 N–H and O–H groups in total. The Kier molecular flexibility index (Phi) is 4.38. The topological polar surface area (TPSA) is 50.4 Å². The summed E-state index contributed by atoms with van der Waals surface area (Å²) in [6.07, 6.45) is 2.15. The van der Waals surface area contributed by atoms with Gasteiger partial charge in [-0.3, -0.25) is 4.79 Å². The standard InChI is InChI=1S/C7H8O3.ClH/c8-7(9)4-3-6-2-1-5-10-6;/h1-2,5H,3-4H2,(H,8,9);1H. The van der Waals surface area contributed by atoms with E-state index < -0.39 is 5.97 Å². The Labute approximate surface area is 70.4 Å². The molecule has 0 radical (unpaired) electrons. The van der Waals surface area contributed by atoms with Crippen molar-refractivity contribution in [1.29, 1.82) is 0 Å². The SMILES string of the molecule is Cl.O=C(O)CCc1ccco1. The minimum absolute atomic E-state index is 0. The first-order valence-electron chi connectivity index (χ1n) is 3.03. The zero-order chi connectivity index (χ0) is 7.40. The molecule has 0 amide bonds. The van der Waals surface area contributed by atoms with Crippen molar-refractivity contribution in [2.24, 2.45) is 0 Å². The van der Waals surface area contributed by atoms with E-state index >= 15 is 0 Å². The van der Waals surface area contributed by atoms with Crippen LogP contribution in [0.15, 0.2) is 22.8 Å². The number of carboxylic acid groups (broad SMARTS) is 1. The lowest BCUT2D eigenvalue weighted by molar-refractivity contribution is -0.137. The van der Waals surface area contributed by atoms with E-state index in [4.69, 9.17) is 9.52 Å². The largest absolute Gasteiger partial charge is 0.481 e. The number of carboxylic acids is 1. The number of hydrogen-bond donors (Lipinski definition) is 1. The lowest BCUT2D eigenvalue weighted by Gasteiger charge is -1.89. The van der Waals surface area contributed by atoms with E-state index in [1.165, 1.54) is 6.26 Å². The van der Waals surface area contributed by atoms with Gasteiger partial charge in [-0.15, -0.1) is 12.4 Å². The monoisotopic (exact) mass is 176 g/mol. The fourth-order valence-electron chi connectivity index (χ4n) is 0.685. The minimum atomic E-state index is -0.795. The van der Waals surface area contributed by atoms with Gasteiger partial charge in [0.25, 0.3) is 0 Å². The van der Waals surface area contributed by atoms with Crippen molar-refractivity contribution in [2.75, 3.05) is 0 Å². The van der Waals surface area contributed by atoms with Gasteiger partial charge >= 0.3 is 5.97 Å². The molecular formula is C7H9ClO3. The third-order valence-corrected chi connectivity index (χ3v) is 1.17. The van der Waals surface area contributed by atoms with Gasteiger partial charge in [-0.25, -0.2) is 0 Å². The Morgan fingerprint density at radius 1 is 1.64 bits per heavy atom. The number of hydrogen-bond acceptors (Lipinski definition) is 2. The van der Waals surface area contributed by atoms with Crippen molar-refractivity contribution in [3.63, 3.8) is 0 Å². The Balaban J connectivity index is 0.000001000. The molecule has 0 atom stereocenters. The first kappa shape index (κ1) is 10.0. The van der Waals surface area contributed by atoms with Crippen LogP contribution >= 0.6 is 12.4 Å². The van der Waals surface area contributed by atoms with E-state index in [1.54, 1.807) is 12.1 Å². The molecule has 0 saturated carbocycles. The van der Waals surface area contributed by atoms with E-state index in [9.17, 15) is 4.79 Å². The molecule has 0 aliphatic rings. The van der Waals surface area contributed by atoms with Gasteiger partial charge in [0.2, 0.25) is 0 Å². The minimum Gasteiger partial charge on any atom is -0.481 e. The average Bonchev–Trinajstić information content (AvgIpc) is 2.34. The van der Waals surface area contributed by atoms with Gasteiger partial charge in [-0.05, 0) is 12.1 Å². The molecule has 0 aromatic carbocycles. The summed E-state index contributed by atoms with van der Waals surface area (Å²) in [6.45, 7) is 0. The number of aliphatic carboxylic acids is 1. The Morgan fingerprint density at radius 2 is 2.36 bits per heavy atom. The predicted molar refractivity (Wildman–Crippen MR) is 41.9 cm³/mol. The molecule has 1 aromatic rings. The van der Waals surface area contributed by atoms with Crippen LogP contribution < -0.4 is 0 Å². The molecular weight excluding hydrogens is 168 g/mol. The van der Waals surface area contributed by atoms with E-state index in [0.717, 1.165) is 5.76 Å². The number of carbonyl (C=O) groups is 1. The molecule has 0 unspecified atom stereocenters. The molecule has 0 aliphatic carbocycles. The fourth-order valence-corrected chi connectivity index (χ4v) is 0.685. The number of furan rings is 1. The summed E-state index contributed by atoms with van der Waals surface area (Å²) in [5.41, 5.74) is 0. The lowest BCUT2D eigenvalue weighted by Crippen LogP contribution is -1.95. The van der Waals surface area contributed by atoms with Crippen molar-refractivity contribution < 1.29 is 14.3 Å². The molecule has 0 aliphatic heterocycles. The van der Waals surface area contributed by atoms with Crippen LogP contribution in [0.4, 0.5) is 0 Å². The van der Waals surface area contributed by atoms with Crippen molar-refractivity contribution in [1.82, 2.24) is 0 Å². The summed E-state index contributed by atoms with van der Waals surface area (Å²) < 4.78 is 4.92. The summed E-state index contributed by atoms with van der Waals surface area (Å²) in [5.74, 6) is -0.0706. The highest BCUT2D eigenvalue weighted by atomic mass is 35.5. The van der Waals surface area contributed by atoms with Crippen LogP contribution in [0.2, 0.25) is 0 Å². The van der Waals surface area contributed by atoms with E-state index in [2.05, 4.69) is 0 Å². The maximum Gasteiger partial charge on any atom is 0.303 e. The van der Waals surface area contributed by atoms with Crippen LogP contribution in [0.3, 0.4) is 0 Å². The van der Waals surface area contributed by atoms with Crippen LogP contribution in [0.5, 0.6) is 0 Å². The molecule has 11 heavy (non-hydrogen) atoms. The van der Waals surface area contributed by atoms with Crippen LogP contribution in [0.25, 0.3) is 0 Å². The van der Waals surface area contributed by atoms with Crippen molar-refractivity contribution in [3.8, 4) is 0 Å². The lowest BCUT2D eigenvalue weighted by atomic mass is 10.2. The van der Waals surface area contributed by atoms with Crippen LogP contribution in [-0.4, -0.2) is 11.1 Å². The molecule has 1 heterocycles. The molecule has 3 nitrogen and oxygen atoms in total. The van der Waals surface area contributed by atoms with Crippen LogP contribution in [0, 0.1) is 0 Å². The van der Waals surface area contributed by atoms with Crippen molar-refractivity contribution in [2.45, 2.75) is 12.8 Å². The van der Waals surface area contributed by atoms with Crippen molar-refractivity contribution in [3.05, 3.63) is 24.2 Å². The molecule has 1 rings (SSSR count). The molecule has 0 fully saturated rings. The molecule has 0 spiro atoms. The molecule has 4 heteroatoms. The van der Waals surface area contributed by atoms with E-state index in [1.807, 2.05) is 0 Å². The van der Waals surface area contributed by atoms with Gasteiger partial charge in [0.15, 0.2) is 0 Å². The van der Waals surface area contributed by atoms with Gasteiger partial charge in [-0.1, -0.05) is 0 Å². The maximum absolute atomic E-state index is 10.1. The predicted octanol–water partition coefficient (Wildman–Crippen LogP) is 1.72. The summed E-state index contributed by atoms with van der Waals surface area (Å²) in [7, 11) is 0. The zero-order valence-corrected chi connectivity index (χ0v) is 6.63. The first-order valence-corrected chi connectivity index (χ1v) is 3.03. The second-order valence-corrected chi connectivity index (χ2v) is 1.97. The second kappa shape index (κ2) is 4.79. The summed E-state index contributed by atoms with van der Waals surface area (Å²) in [5, 5.41) is 8.27. The Morgan fingerprint density at radius 3 is 2.82 bits per heavy atom. The van der Waals surface area contributed by atoms with Gasteiger partial charge in [0, 0.05) is 6.42 Å². The third kappa shape index (κ3) is 3.68. The third-order valence-electron chi connectivity index (χ3n) is 1.17. The van der Waals surface area contributed by atoms with Gasteiger partial charge in [-0.2, -0.15) is 0 Å². The Hall–Kier alpha value is -0.960. The van der Waals surface area contributed by atoms with Gasteiger partial charge in [0.05, 0.1) is 12.7 Å². The van der Waals surface area contributed by atoms with Crippen molar-refractivity contribution >= 4 is 18.4 Å². The highest BCUT2D eigenvalue weighted by Gasteiger charge is 1.99. The zero-order valence-electron chi connectivity index (χ0n) is 5.82. The average molecular weight is 177 g/mol. The Bertz CT molecular complexity index is 205. The number of aryl methyl sites for hydroxylation is 1. The quantitative estimate of drug-likeness (QED) is 0.763. The highest BCUT2D eigenvalue weighted by Crippen LogP contribution is 2.02. The second-order valence-electron chi connectivity index (χ2n) is 1.97. The number of halogens is 1. The van der Waals surface area contributed by atoms with Crippen LogP contribution in [-0.2, 0) is 11.2 Å². The van der Waals surface area contributed by atoms with Crippen LogP contribution in [0.1, 0.15) is 12.2 Å². The highest BCUT2D eigenvalue weighted by molar-refractivity contribution is 5.85. The molecule has 62 valence electrons. The van der Waals surface area contributed by atoms with E-state index in [0.29, 0.717) is 6.42 Å². The molecule has 1 aromatic heterocycles. The van der Waals surface area contributed by atoms with Gasteiger partial charge in [0.1, 0.15) is 5.76 Å². The summed E-state index contributed by atoms with van der Waals surface area (Å²) in [4.78, 5) is 10.1. The normalized spacial score (nSPS) is 8.73. The fraction of sp³-hybridized carbons (Fsp3) is 0.286. The van der Waals surface area contributed by atoms with Gasteiger partial charge < -0.3 is 9.52 Å².